The largest absolute Gasteiger partial charge is 0.0847 e. The van der Waals surface area contributed by atoms with E-state index >= 15 is 0 Å². The van der Waals surface area contributed by atoms with Crippen LogP contribution in [0.5, 0.6) is 0 Å². The molecule has 0 nitrogen and oxygen atoms in total. The number of rotatable bonds is 0. The second-order valence-electron chi connectivity index (χ2n) is 8.26. The first-order chi connectivity index (χ1) is 9.02. The van der Waals surface area contributed by atoms with Crippen LogP contribution < -0.4 is 0 Å². The van der Waals surface area contributed by atoms with Gasteiger partial charge in [-0.25, -0.2) is 0 Å². The molecule has 3 rings (SSSR count). The fourth-order valence-corrected chi connectivity index (χ4v) is 5.73. The number of hydrogen-bond acceptors (Lipinski definition) is 0. The molecule has 3 aliphatic rings. The molecule has 0 amide bonds. The molecule has 0 bridgehead atoms. The Bertz CT molecular complexity index is 366. The van der Waals surface area contributed by atoms with E-state index in [1.807, 2.05) is 0 Å². The van der Waals surface area contributed by atoms with Gasteiger partial charge in [-0.2, -0.15) is 0 Å². The minimum absolute atomic E-state index is 0.555. The van der Waals surface area contributed by atoms with E-state index in [1.54, 1.807) is 5.57 Å². The molecule has 0 heterocycles. The first-order valence-corrected chi connectivity index (χ1v) is 8.69. The van der Waals surface area contributed by atoms with Crippen molar-refractivity contribution in [3.8, 4) is 0 Å². The lowest BCUT2D eigenvalue weighted by atomic mass is 9.54. The van der Waals surface area contributed by atoms with Crippen molar-refractivity contribution in [2.24, 2.45) is 35.0 Å². The number of allylic oxidation sites excluding steroid dienone is 2. The van der Waals surface area contributed by atoms with E-state index < -0.39 is 0 Å². The maximum atomic E-state index is 2.57. The van der Waals surface area contributed by atoms with E-state index in [0.29, 0.717) is 5.41 Å². The summed E-state index contributed by atoms with van der Waals surface area (Å²) in [5.74, 6) is 4.94. The van der Waals surface area contributed by atoms with Crippen molar-refractivity contribution >= 4 is 0 Å². The van der Waals surface area contributed by atoms with Crippen LogP contribution in [0.1, 0.15) is 72.6 Å². The molecule has 0 radical (unpaired) electrons. The first-order valence-electron chi connectivity index (χ1n) is 8.69. The standard InChI is InChI=1S/C19H32/c1-13-6-5-7-14(2)16-10-11-19(4)15(3)8-9-18(19)17(16)12-13/h8,13-14,16-18H,5-7,9-12H2,1-4H3. The van der Waals surface area contributed by atoms with Crippen molar-refractivity contribution in [1.29, 1.82) is 0 Å². The third-order valence-electron chi connectivity index (χ3n) is 7.22. The molecule has 6 atom stereocenters. The van der Waals surface area contributed by atoms with Crippen LogP contribution in [0.2, 0.25) is 0 Å². The monoisotopic (exact) mass is 260 g/mol. The third-order valence-corrected chi connectivity index (χ3v) is 7.22. The maximum absolute atomic E-state index is 2.57. The Balaban J connectivity index is 1.87. The van der Waals surface area contributed by atoms with E-state index in [4.69, 9.17) is 0 Å². The normalized spacial score (nSPS) is 50.7. The van der Waals surface area contributed by atoms with Crippen molar-refractivity contribution < 1.29 is 0 Å². The summed E-state index contributed by atoms with van der Waals surface area (Å²) in [6, 6.07) is 0. The lowest BCUT2D eigenvalue weighted by Crippen LogP contribution is -2.43. The van der Waals surface area contributed by atoms with Crippen molar-refractivity contribution in [3.63, 3.8) is 0 Å². The predicted octanol–water partition coefficient (Wildman–Crippen LogP) is 5.83. The molecule has 2 fully saturated rings. The van der Waals surface area contributed by atoms with Gasteiger partial charge in [-0.3, -0.25) is 0 Å². The van der Waals surface area contributed by atoms with Gasteiger partial charge in [-0.15, -0.1) is 0 Å². The molecule has 108 valence electrons. The van der Waals surface area contributed by atoms with Crippen LogP contribution in [0.25, 0.3) is 0 Å². The van der Waals surface area contributed by atoms with Gasteiger partial charge in [0.25, 0.3) is 0 Å². The van der Waals surface area contributed by atoms with Gasteiger partial charge in [0.1, 0.15) is 0 Å². The van der Waals surface area contributed by atoms with Gasteiger partial charge in [0, 0.05) is 0 Å². The minimum Gasteiger partial charge on any atom is -0.0847 e. The molecule has 0 spiro atoms. The first kappa shape index (κ1) is 13.7. The number of fused-ring (bicyclic) bond motifs is 3. The average Bonchev–Trinajstić information content (AvgIpc) is 2.65. The topological polar surface area (TPSA) is 0 Å². The molecule has 0 aliphatic heterocycles. The summed E-state index contributed by atoms with van der Waals surface area (Å²) < 4.78 is 0. The van der Waals surface area contributed by atoms with E-state index in [9.17, 15) is 0 Å². The zero-order valence-electron chi connectivity index (χ0n) is 13.4. The van der Waals surface area contributed by atoms with Crippen molar-refractivity contribution in [3.05, 3.63) is 11.6 Å². The molecule has 0 N–H and O–H groups in total. The number of hydrogen-bond donors (Lipinski definition) is 0. The molecular weight excluding hydrogens is 228 g/mol. The highest BCUT2D eigenvalue weighted by Gasteiger charge is 2.50. The van der Waals surface area contributed by atoms with Crippen molar-refractivity contribution in [2.75, 3.05) is 0 Å². The Labute approximate surface area is 120 Å². The van der Waals surface area contributed by atoms with E-state index in [2.05, 4.69) is 33.8 Å². The Hall–Kier alpha value is -0.260. The molecule has 0 aromatic rings. The van der Waals surface area contributed by atoms with E-state index in [1.165, 1.54) is 44.9 Å². The molecular formula is C19H32. The van der Waals surface area contributed by atoms with Crippen LogP contribution in [0, 0.1) is 35.0 Å². The summed E-state index contributed by atoms with van der Waals surface area (Å²) >= 11 is 0. The Morgan fingerprint density at radius 3 is 2.68 bits per heavy atom. The summed E-state index contributed by atoms with van der Waals surface area (Å²) in [5, 5.41) is 0. The highest BCUT2D eigenvalue weighted by molar-refractivity contribution is 5.22. The zero-order valence-corrected chi connectivity index (χ0v) is 13.4. The van der Waals surface area contributed by atoms with Gasteiger partial charge < -0.3 is 0 Å². The summed E-state index contributed by atoms with van der Waals surface area (Å²) in [6.45, 7) is 10.0. The second kappa shape index (κ2) is 4.93. The lowest BCUT2D eigenvalue weighted by Gasteiger charge is -2.51. The van der Waals surface area contributed by atoms with Gasteiger partial charge in [-0.1, -0.05) is 51.7 Å². The SMILES string of the molecule is CC1=CCC2C3CC(C)CCCC(C)C3CCC12C. The fourth-order valence-electron chi connectivity index (χ4n) is 5.73. The molecule has 3 aliphatic carbocycles. The molecule has 0 heteroatoms. The summed E-state index contributed by atoms with van der Waals surface area (Å²) in [5.41, 5.74) is 2.26. The van der Waals surface area contributed by atoms with Crippen LogP contribution >= 0.6 is 0 Å². The van der Waals surface area contributed by atoms with Crippen molar-refractivity contribution in [2.45, 2.75) is 72.6 Å². The highest BCUT2D eigenvalue weighted by atomic mass is 14.5. The minimum atomic E-state index is 0.555. The summed E-state index contributed by atoms with van der Waals surface area (Å²) in [4.78, 5) is 0. The van der Waals surface area contributed by atoms with Crippen molar-refractivity contribution in [1.82, 2.24) is 0 Å². The Kier molecular flexibility index (Phi) is 3.56. The van der Waals surface area contributed by atoms with Crippen LogP contribution in [0.15, 0.2) is 11.6 Å². The smallest absolute Gasteiger partial charge is 0.00851 e. The fraction of sp³-hybridized carbons (Fsp3) is 0.895. The molecule has 0 aromatic carbocycles. The van der Waals surface area contributed by atoms with Gasteiger partial charge in [0.15, 0.2) is 0 Å². The van der Waals surface area contributed by atoms with E-state index in [0.717, 1.165) is 29.6 Å². The lowest BCUT2D eigenvalue weighted by molar-refractivity contribution is 0.00495. The summed E-state index contributed by atoms with van der Waals surface area (Å²) in [6.07, 6.45) is 12.9. The summed E-state index contributed by atoms with van der Waals surface area (Å²) in [7, 11) is 0. The molecule has 0 saturated heterocycles. The zero-order chi connectivity index (χ0) is 13.6. The highest BCUT2D eigenvalue weighted by Crippen LogP contribution is 2.59. The van der Waals surface area contributed by atoms with Crippen LogP contribution in [-0.2, 0) is 0 Å². The maximum Gasteiger partial charge on any atom is -0.00851 e. The molecule has 6 unspecified atom stereocenters. The van der Waals surface area contributed by atoms with Crippen LogP contribution in [0.4, 0.5) is 0 Å². The van der Waals surface area contributed by atoms with Gasteiger partial charge in [-0.05, 0) is 67.6 Å². The second-order valence-corrected chi connectivity index (χ2v) is 8.26. The Morgan fingerprint density at radius 1 is 1.11 bits per heavy atom. The van der Waals surface area contributed by atoms with Gasteiger partial charge >= 0.3 is 0 Å². The van der Waals surface area contributed by atoms with Gasteiger partial charge in [0.05, 0.1) is 0 Å². The van der Waals surface area contributed by atoms with Gasteiger partial charge in [0.2, 0.25) is 0 Å². The quantitative estimate of drug-likeness (QED) is 0.481. The predicted molar refractivity (Wildman–Crippen MR) is 83.0 cm³/mol. The molecule has 19 heavy (non-hydrogen) atoms. The van der Waals surface area contributed by atoms with E-state index in [-0.39, 0.29) is 0 Å². The van der Waals surface area contributed by atoms with Crippen LogP contribution in [-0.4, -0.2) is 0 Å². The van der Waals surface area contributed by atoms with Crippen LogP contribution in [0.3, 0.4) is 0 Å². The molecule has 0 aromatic heterocycles. The Morgan fingerprint density at radius 2 is 1.89 bits per heavy atom. The average molecular weight is 260 g/mol. The molecule has 2 saturated carbocycles. The third kappa shape index (κ3) is 2.20.